The normalized spacial score (nSPS) is 48.2. The van der Waals surface area contributed by atoms with Crippen molar-refractivity contribution < 1.29 is 9.90 Å². The molecule has 0 spiro atoms. The van der Waals surface area contributed by atoms with Crippen molar-refractivity contribution in [2.45, 2.75) is 111 Å². The third kappa shape index (κ3) is 3.64. The summed E-state index contributed by atoms with van der Waals surface area (Å²) in [7, 11) is 0. The van der Waals surface area contributed by atoms with E-state index in [4.69, 9.17) is 0 Å². The van der Waals surface area contributed by atoms with Crippen molar-refractivity contribution in [2.75, 3.05) is 0 Å². The number of rotatable bonds is 5. The van der Waals surface area contributed by atoms with Gasteiger partial charge in [0.15, 0.2) is 0 Å². The zero-order valence-electron chi connectivity index (χ0n) is 19.8. The smallest absolute Gasteiger partial charge is 0.136 e. The first-order valence-electron chi connectivity index (χ1n) is 12.9. The molecule has 2 nitrogen and oxygen atoms in total. The lowest BCUT2D eigenvalue weighted by molar-refractivity contribution is -0.160. The number of aliphatic hydroxyl groups excluding tert-OH is 1. The summed E-state index contributed by atoms with van der Waals surface area (Å²) >= 11 is 0. The van der Waals surface area contributed by atoms with Crippen LogP contribution in [0.4, 0.5) is 0 Å². The topological polar surface area (TPSA) is 37.3 Å². The Morgan fingerprint density at radius 3 is 2.38 bits per heavy atom. The third-order valence-electron chi connectivity index (χ3n) is 10.6. The molecule has 0 aromatic carbocycles. The zero-order chi connectivity index (χ0) is 21.0. The van der Waals surface area contributed by atoms with E-state index in [1.54, 1.807) is 0 Å². The molecule has 2 heteroatoms. The maximum atomic E-state index is 13.2. The fourth-order valence-electron chi connectivity index (χ4n) is 9.04. The Hall–Kier alpha value is -0.370. The Bertz CT molecular complexity index is 612. The van der Waals surface area contributed by atoms with Crippen LogP contribution in [0.25, 0.3) is 0 Å². The highest BCUT2D eigenvalue weighted by Gasteiger charge is 2.62. The number of carbonyl (C=O) groups is 1. The van der Waals surface area contributed by atoms with Gasteiger partial charge in [-0.15, -0.1) is 0 Å². The second kappa shape index (κ2) is 7.95. The lowest BCUT2D eigenvalue weighted by atomic mass is 9.44. The molecule has 4 aliphatic carbocycles. The SMILES string of the molecule is CC(C)CCC[C@@H](C)C1CCC2C3CC(=O)C4C[C@@H](O)CC[C@]4(C)C3CC[C@@]21C. The van der Waals surface area contributed by atoms with Crippen LogP contribution in [-0.2, 0) is 4.79 Å². The van der Waals surface area contributed by atoms with Gasteiger partial charge in [-0.3, -0.25) is 4.79 Å². The molecule has 29 heavy (non-hydrogen) atoms. The maximum Gasteiger partial charge on any atom is 0.136 e. The summed E-state index contributed by atoms with van der Waals surface area (Å²) in [5.41, 5.74) is 0.609. The molecule has 0 heterocycles. The molecule has 0 saturated heterocycles. The first kappa shape index (κ1) is 21.8. The van der Waals surface area contributed by atoms with Crippen LogP contribution in [0.1, 0.15) is 105 Å². The van der Waals surface area contributed by atoms with Crippen molar-refractivity contribution in [1.29, 1.82) is 0 Å². The highest BCUT2D eigenvalue weighted by atomic mass is 16.3. The van der Waals surface area contributed by atoms with Gasteiger partial charge >= 0.3 is 0 Å². The molecule has 0 bridgehead atoms. The van der Waals surface area contributed by atoms with E-state index in [1.807, 2.05) is 0 Å². The van der Waals surface area contributed by atoms with Gasteiger partial charge in [0.05, 0.1) is 6.10 Å². The van der Waals surface area contributed by atoms with Gasteiger partial charge in [0, 0.05) is 12.3 Å². The van der Waals surface area contributed by atoms with Crippen molar-refractivity contribution in [3.63, 3.8) is 0 Å². The minimum absolute atomic E-state index is 0.129. The van der Waals surface area contributed by atoms with Crippen molar-refractivity contribution in [3.05, 3.63) is 0 Å². The minimum atomic E-state index is -0.245. The summed E-state index contributed by atoms with van der Waals surface area (Å²) in [5.74, 6) is 5.21. The largest absolute Gasteiger partial charge is 0.393 e. The summed E-state index contributed by atoms with van der Waals surface area (Å²) in [6, 6.07) is 0. The predicted molar refractivity (Wildman–Crippen MR) is 119 cm³/mol. The van der Waals surface area contributed by atoms with Gasteiger partial charge in [-0.2, -0.15) is 0 Å². The van der Waals surface area contributed by atoms with Gasteiger partial charge in [0.25, 0.3) is 0 Å². The Balaban J connectivity index is 1.50. The second-order valence-corrected chi connectivity index (χ2v) is 12.6. The van der Waals surface area contributed by atoms with Crippen LogP contribution in [0.2, 0.25) is 0 Å². The van der Waals surface area contributed by atoms with Crippen LogP contribution in [-0.4, -0.2) is 17.0 Å². The molecular weight excluding hydrogens is 356 g/mol. The quantitative estimate of drug-likeness (QED) is 0.559. The summed E-state index contributed by atoms with van der Waals surface area (Å²) < 4.78 is 0. The van der Waals surface area contributed by atoms with Gasteiger partial charge in [0.2, 0.25) is 0 Å². The number of hydrogen-bond acceptors (Lipinski definition) is 2. The summed E-state index contributed by atoms with van der Waals surface area (Å²) in [6.45, 7) is 12.2. The van der Waals surface area contributed by atoms with Crippen LogP contribution < -0.4 is 0 Å². The number of hydrogen-bond donors (Lipinski definition) is 1. The standard InChI is InChI=1S/C27H46O2/c1-17(2)7-6-8-18(3)21-9-10-22-20-16-25(29)24-15-19(28)11-13-27(24,5)23(20)12-14-26(21,22)4/h17-24,28H,6-16H2,1-5H3/t18-,19+,20?,21?,22?,23?,24?,26-,27-/m1/s1. The number of carbonyl (C=O) groups excluding carboxylic acids is 1. The lowest BCUT2D eigenvalue weighted by Gasteiger charge is -2.60. The Morgan fingerprint density at radius 2 is 1.66 bits per heavy atom. The molecule has 0 aromatic rings. The molecular formula is C27H46O2. The monoisotopic (exact) mass is 402 g/mol. The molecule has 0 aliphatic heterocycles. The van der Waals surface area contributed by atoms with E-state index in [9.17, 15) is 9.90 Å². The average molecular weight is 403 g/mol. The fourth-order valence-corrected chi connectivity index (χ4v) is 9.04. The van der Waals surface area contributed by atoms with E-state index in [0.29, 0.717) is 23.0 Å². The molecule has 4 fully saturated rings. The molecule has 4 saturated carbocycles. The van der Waals surface area contributed by atoms with E-state index in [1.165, 1.54) is 44.9 Å². The summed E-state index contributed by atoms with van der Waals surface area (Å²) in [6.07, 6.45) is 12.8. The molecule has 4 rings (SSSR count). The molecule has 0 aromatic heterocycles. The van der Waals surface area contributed by atoms with Crippen LogP contribution in [0, 0.1) is 52.3 Å². The predicted octanol–water partition coefficient (Wildman–Crippen LogP) is 6.65. The van der Waals surface area contributed by atoms with Gasteiger partial charge in [-0.05, 0) is 91.3 Å². The number of ketones is 1. The Morgan fingerprint density at radius 1 is 0.966 bits per heavy atom. The second-order valence-electron chi connectivity index (χ2n) is 12.6. The molecule has 4 aliphatic rings. The highest BCUT2D eigenvalue weighted by Crippen LogP contribution is 2.67. The fraction of sp³-hybridized carbons (Fsp3) is 0.963. The van der Waals surface area contributed by atoms with Crippen molar-refractivity contribution in [1.82, 2.24) is 0 Å². The van der Waals surface area contributed by atoms with E-state index in [-0.39, 0.29) is 17.4 Å². The first-order valence-corrected chi connectivity index (χ1v) is 12.9. The Labute approximate surface area is 179 Å². The molecule has 0 amide bonds. The highest BCUT2D eigenvalue weighted by molar-refractivity contribution is 5.83. The molecule has 166 valence electrons. The van der Waals surface area contributed by atoms with Crippen LogP contribution in [0.3, 0.4) is 0 Å². The number of Topliss-reactive ketones (excluding diaryl/α,β-unsaturated/α-hetero) is 1. The van der Waals surface area contributed by atoms with Gasteiger partial charge in [-0.1, -0.05) is 53.9 Å². The van der Waals surface area contributed by atoms with Gasteiger partial charge in [0.1, 0.15) is 5.78 Å². The van der Waals surface area contributed by atoms with E-state index >= 15 is 0 Å². The molecule has 1 N–H and O–H groups in total. The molecule has 0 radical (unpaired) electrons. The molecule has 9 atom stereocenters. The van der Waals surface area contributed by atoms with Crippen molar-refractivity contribution >= 4 is 5.78 Å². The van der Waals surface area contributed by atoms with Gasteiger partial charge in [-0.25, -0.2) is 0 Å². The van der Waals surface area contributed by atoms with E-state index in [0.717, 1.165) is 49.4 Å². The average Bonchev–Trinajstić information content (AvgIpc) is 3.00. The number of aliphatic hydroxyl groups is 1. The van der Waals surface area contributed by atoms with Crippen LogP contribution in [0.5, 0.6) is 0 Å². The molecule has 5 unspecified atom stereocenters. The van der Waals surface area contributed by atoms with Crippen molar-refractivity contribution in [3.8, 4) is 0 Å². The van der Waals surface area contributed by atoms with Crippen LogP contribution >= 0.6 is 0 Å². The first-order chi connectivity index (χ1) is 13.7. The third-order valence-corrected chi connectivity index (χ3v) is 10.6. The van der Waals surface area contributed by atoms with Crippen LogP contribution in [0.15, 0.2) is 0 Å². The summed E-state index contributed by atoms with van der Waals surface area (Å²) in [5, 5.41) is 10.2. The zero-order valence-corrected chi connectivity index (χ0v) is 19.8. The maximum absolute atomic E-state index is 13.2. The summed E-state index contributed by atoms with van der Waals surface area (Å²) in [4.78, 5) is 13.2. The Kier molecular flexibility index (Phi) is 5.99. The van der Waals surface area contributed by atoms with E-state index in [2.05, 4.69) is 34.6 Å². The van der Waals surface area contributed by atoms with Crippen molar-refractivity contribution in [2.24, 2.45) is 52.3 Å². The van der Waals surface area contributed by atoms with E-state index < -0.39 is 0 Å². The minimum Gasteiger partial charge on any atom is -0.393 e. The number of fused-ring (bicyclic) bond motifs is 5. The lowest BCUT2D eigenvalue weighted by Crippen LogP contribution is -2.57. The van der Waals surface area contributed by atoms with Gasteiger partial charge < -0.3 is 5.11 Å².